The van der Waals surface area contributed by atoms with Gasteiger partial charge in [-0.25, -0.2) is 4.79 Å². The van der Waals surface area contributed by atoms with Gasteiger partial charge in [-0.05, 0) is 25.5 Å². The Balaban J connectivity index is 2.49. The van der Waals surface area contributed by atoms with E-state index < -0.39 is 18.0 Å². The average Bonchev–Trinajstić information content (AvgIpc) is 2.29. The van der Waals surface area contributed by atoms with Crippen molar-refractivity contribution in [3.63, 3.8) is 0 Å². The van der Waals surface area contributed by atoms with Gasteiger partial charge in [-0.15, -0.1) is 0 Å². The molecule has 3 N–H and O–H groups in total. The number of hydrogen-bond donors (Lipinski definition) is 3. The molecular formula is C11H15N3O3. The lowest BCUT2D eigenvalue weighted by Gasteiger charge is -2.16. The van der Waals surface area contributed by atoms with Crippen LogP contribution >= 0.6 is 0 Å². The van der Waals surface area contributed by atoms with Gasteiger partial charge in [-0.1, -0.05) is 6.07 Å². The minimum atomic E-state index is -1.07. The maximum Gasteiger partial charge on any atom is 0.325 e. The van der Waals surface area contributed by atoms with Gasteiger partial charge in [0.25, 0.3) is 0 Å². The molecule has 17 heavy (non-hydrogen) atoms. The molecule has 0 radical (unpaired) electrons. The van der Waals surface area contributed by atoms with E-state index in [1.807, 2.05) is 6.07 Å². The van der Waals surface area contributed by atoms with Gasteiger partial charge < -0.3 is 15.7 Å². The van der Waals surface area contributed by atoms with E-state index in [1.165, 1.54) is 6.92 Å². The molecule has 1 aromatic heterocycles. The summed E-state index contributed by atoms with van der Waals surface area (Å²) in [6, 6.07) is 1.93. The van der Waals surface area contributed by atoms with E-state index in [1.54, 1.807) is 25.4 Å². The Hall–Kier alpha value is -2.11. The van der Waals surface area contributed by atoms with Gasteiger partial charge in [0.2, 0.25) is 0 Å². The second-order valence-corrected chi connectivity index (χ2v) is 3.69. The van der Waals surface area contributed by atoms with Crippen LogP contribution in [0, 0.1) is 0 Å². The van der Waals surface area contributed by atoms with Crippen LogP contribution in [0.1, 0.15) is 25.5 Å². The van der Waals surface area contributed by atoms with Crippen LogP contribution in [0.4, 0.5) is 4.79 Å². The molecule has 1 unspecified atom stereocenters. The Bertz CT molecular complexity index is 394. The topological polar surface area (TPSA) is 91.3 Å². The second kappa shape index (κ2) is 5.83. The Morgan fingerprint density at radius 2 is 2.06 bits per heavy atom. The first-order valence-electron chi connectivity index (χ1n) is 5.20. The fourth-order valence-corrected chi connectivity index (χ4v) is 1.21. The molecule has 0 fully saturated rings. The molecule has 2 atom stereocenters. The summed E-state index contributed by atoms with van der Waals surface area (Å²) >= 11 is 0. The van der Waals surface area contributed by atoms with Gasteiger partial charge in [0.05, 0.1) is 6.04 Å². The number of amides is 2. The van der Waals surface area contributed by atoms with Crippen molar-refractivity contribution in [3.05, 3.63) is 30.1 Å². The molecule has 0 spiro atoms. The third-order valence-electron chi connectivity index (χ3n) is 2.25. The predicted octanol–water partition coefficient (Wildman–Crippen LogP) is 0.915. The zero-order chi connectivity index (χ0) is 12.8. The lowest BCUT2D eigenvalue weighted by atomic mass is 10.1. The van der Waals surface area contributed by atoms with Crippen LogP contribution in [-0.2, 0) is 4.79 Å². The van der Waals surface area contributed by atoms with E-state index in [4.69, 9.17) is 5.11 Å². The van der Waals surface area contributed by atoms with Crippen molar-refractivity contribution < 1.29 is 14.7 Å². The van der Waals surface area contributed by atoms with E-state index in [9.17, 15) is 9.59 Å². The molecule has 0 saturated carbocycles. The van der Waals surface area contributed by atoms with Gasteiger partial charge >= 0.3 is 12.0 Å². The highest BCUT2D eigenvalue weighted by molar-refractivity contribution is 5.82. The summed E-state index contributed by atoms with van der Waals surface area (Å²) in [5, 5.41) is 13.6. The van der Waals surface area contributed by atoms with Crippen LogP contribution < -0.4 is 10.6 Å². The van der Waals surface area contributed by atoms with E-state index >= 15 is 0 Å². The molecule has 1 aromatic rings. The van der Waals surface area contributed by atoms with Gasteiger partial charge in [0.1, 0.15) is 6.04 Å². The van der Waals surface area contributed by atoms with E-state index in [0.29, 0.717) is 0 Å². The number of hydrogen-bond acceptors (Lipinski definition) is 3. The number of carbonyl (C=O) groups is 2. The third kappa shape index (κ3) is 4.10. The highest BCUT2D eigenvalue weighted by Gasteiger charge is 2.15. The van der Waals surface area contributed by atoms with Crippen LogP contribution in [0.2, 0.25) is 0 Å². The highest BCUT2D eigenvalue weighted by atomic mass is 16.4. The minimum Gasteiger partial charge on any atom is -0.480 e. The third-order valence-corrected chi connectivity index (χ3v) is 2.25. The largest absolute Gasteiger partial charge is 0.480 e. The van der Waals surface area contributed by atoms with Crippen molar-refractivity contribution >= 4 is 12.0 Å². The summed E-state index contributed by atoms with van der Waals surface area (Å²) in [5.41, 5.74) is 0.852. The predicted molar refractivity (Wildman–Crippen MR) is 61.4 cm³/mol. The normalized spacial score (nSPS) is 13.5. The number of rotatable bonds is 4. The lowest BCUT2D eigenvalue weighted by molar-refractivity contribution is -0.138. The summed E-state index contributed by atoms with van der Waals surface area (Å²) in [6.45, 7) is 3.19. The quantitative estimate of drug-likeness (QED) is 0.726. The van der Waals surface area contributed by atoms with E-state index in [2.05, 4.69) is 15.6 Å². The van der Waals surface area contributed by atoms with Crippen LogP contribution in [0.15, 0.2) is 24.5 Å². The highest BCUT2D eigenvalue weighted by Crippen LogP contribution is 2.09. The van der Waals surface area contributed by atoms with Gasteiger partial charge in [-0.2, -0.15) is 0 Å². The second-order valence-electron chi connectivity index (χ2n) is 3.69. The monoisotopic (exact) mass is 237 g/mol. The Morgan fingerprint density at radius 3 is 2.59 bits per heavy atom. The maximum atomic E-state index is 11.4. The summed E-state index contributed by atoms with van der Waals surface area (Å²) in [6.07, 6.45) is 3.29. The summed E-state index contributed by atoms with van der Waals surface area (Å²) in [5.74, 6) is -1.07. The zero-order valence-corrected chi connectivity index (χ0v) is 9.68. The van der Waals surface area contributed by atoms with Gasteiger partial charge in [0, 0.05) is 12.4 Å². The van der Waals surface area contributed by atoms with Crippen molar-refractivity contribution in [1.29, 1.82) is 0 Å². The van der Waals surface area contributed by atoms with Crippen molar-refractivity contribution in [1.82, 2.24) is 15.6 Å². The number of pyridine rings is 1. The van der Waals surface area contributed by atoms with E-state index in [-0.39, 0.29) is 6.04 Å². The molecule has 0 aliphatic heterocycles. The maximum absolute atomic E-state index is 11.4. The summed E-state index contributed by atoms with van der Waals surface area (Å²) in [4.78, 5) is 25.9. The van der Waals surface area contributed by atoms with Crippen LogP contribution in [0.25, 0.3) is 0 Å². The Labute approximate surface area is 99.1 Å². The zero-order valence-electron chi connectivity index (χ0n) is 9.68. The standard InChI is InChI=1S/C11H15N3O3/c1-7(9-4-3-5-12-6-9)13-11(17)14-8(2)10(15)16/h3-8H,1-2H3,(H,15,16)(H2,13,14,17)/t7?,8-/m1/s1. The Kier molecular flexibility index (Phi) is 4.45. The SMILES string of the molecule is CC(NC(=O)N[C@H](C)C(=O)O)c1cccnc1. The van der Waals surface area contributed by atoms with Gasteiger partial charge in [-0.3, -0.25) is 9.78 Å². The fraction of sp³-hybridized carbons (Fsp3) is 0.364. The first-order valence-corrected chi connectivity index (χ1v) is 5.20. The number of aromatic nitrogens is 1. The number of carbonyl (C=O) groups excluding carboxylic acids is 1. The molecule has 6 nitrogen and oxygen atoms in total. The summed E-state index contributed by atoms with van der Waals surface area (Å²) in [7, 11) is 0. The molecule has 0 aromatic carbocycles. The number of nitrogens with one attached hydrogen (secondary N) is 2. The number of carboxylic acids is 1. The van der Waals surface area contributed by atoms with Crippen molar-refractivity contribution in [2.45, 2.75) is 25.9 Å². The van der Waals surface area contributed by atoms with Crippen molar-refractivity contribution in [2.24, 2.45) is 0 Å². The summed E-state index contributed by atoms with van der Waals surface area (Å²) < 4.78 is 0. The molecule has 0 aliphatic carbocycles. The smallest absolute Gasteiger partial charge is 0.325 e. The molecule has 0 saturated heterocycles. The number of urea groups is 1. The van der Waals surface area contributed by atoms with Gasteiger partial charge in [0.15, 0.2) is 0 Å². The van der Waals surface area contributed by atoms with Crippen LogP contribution in [-0.4, -0.2) is 28.1 Å². The van der Waals surface area contributed by atoms with Crippen LogP contribution in [0.5, 0.6) is 0 Å². The minimum absolute atomic E-state index is 0.232. The molecule has 92 valence electrons. The molecule has 2 amide bonds. The number of aliphatic carboxylic acids is 1. The average molecular weight is 237 g/mol. The molecule has 6 heteroatoms. The van der Waals surface area contributed by atoms with Crippen LogP contribution in [0.3, 0.4) is 0 Å². The molecule has 1 rings (SSSR count). The van der Waals surface area contributed by atoms with E-state index in [0.717, 1.165) is 5.56 Å². The molecular weight excluding hydrogens is 222 g/mol. The lowest BCUT2D eigenvalue weighted by Crippen LogP contribution is -2.45. The number of nitrogens with zero attached hydrogens (tertiary/aromatic N) is 1. The molecule has 0 bridgehead atoms. The molecule has 0 aliphatic rings. The number of carboxylic acid groups (broad SMARTS) is 1. The fourth-order valence-electron chi connectivity index (χ4n) is 1.21. The van der Waals surface area contributed by atoms with Crippen molar-refractivity contribution in [2.75, 3.05) is 0 Å². The molecule has 1 heterocycles. The first kappa shape index (κ1) is 13.0. The van der Waals surface area contributed by atoms with Crippen molar-refractivity contribution in [3.8, 4) is 0 Å². The Morgan fingerprint density at radius 1 is 1.35 bits per heavy atom. The first-order chi connectivity index (χ1) is 8.00.